The van der Waals surface area contributed by atoms with Gasteiger partial charge in [-0.1, -0.05) is 45.4 Å². The van der Waals surface area contributed by atoms with Gasteiger partial charge in [0.15, 0.2) is 5.96 Å². The first-order chi connectivity index (χ1) is 10.8. The number of nitrogens with one attached hydrogen (secondary N) is 2. The van der Waals surface area contributed by atoms with Crippen LogP contribution in [0.5, 0.6) is 0 Å². The Morgan fingerprint density at radius 3 is 2.50 bits per heavy atom. The van der Waals surface area contributed by atoms with E-state index in [-0.39, 0.29) is 0 Å². The lowest BCUT2D eigenvalue weighted by molar-refractivity contribution is 0.210. The highest BCUT2D eigenvalue weighted by Crippen LogP contribution is 2.13. The minimum Gasteiger partial charge on any atom is -0.356 e. The van der Waals surface area contributed by atoms with Crippen molar-refractivity contribution in [1.29, 1.82) is 0 Å². The molecular formula is C18H38N4. The van der Waals surface area contributed by atoms with Crippen molar-refractivity contribution in [2.75, 3.05) is 40.3 Å². The summed E-state index contributed by atoms with van der Waals surface area (Å²) in [6.45, 7) is 6.82. The van der Waals surface area contributed by atoms with E-state index >= 15 is 0 Å². The van der Waals surface area contributed by atoms with Gasteiger partial charge in [0.05, 0.1) is 0 Å². The van der Waals surface area contributed by atoms with E-state index in [2.05, 4.69) is 34.5 Å². The van der Waals surface area contributed by atoms with E-state index in [9.17, 15) is 0 Å². The Morgan fingerprint density at radius 2 is 1.82 bits per heavy atom. The number of hydrogen-bond donors (Lipinski definition) is 2. The highest BCUT2D eigenvalue weighted by molar-refractivity contribution is 5.79. The molecule has 130 valence electrons. The summed E-state index contributed by atoms with van der Waals surface area (Å²) in [4.78, 5) is 6.77. The van der Waals surface area contributed by atoms with Gasteiger partial charge in [-0.15, -0.1) is 0 Å². The molecule has 1 aliphatic rings. The van der Waals surface area contributed by atoms with Crippen LogP contribution in [-0.4, -0.2) is 51.1 Å². The van der Waals surface area contributed by atoms with Crippen molar-refractivity contribution in [3.63, 3.8) is 0 Å². The van der Waals surface area contributed by atoms with Crippen LogP contribution in [0.15, 0.2) is 4.99 Å². The number of aliphatic imine (C=N–C) groups is 1. The fourth-order valence-corrected chi connectivity index (χ4v) is 3.19. The zero-order chi connectivity index (χ0) is 16.0. The van der Waals surface area contributed by atoms with Gasteiger partial charge in [-0.3, -0.25) is 4.99 Å². The van der Waals surface area contributed by atoms with Crippen LogP contribution in [0.2, 0.25) is 0 Å². The fourth-order valence-electron chi connectivity index (χ4n) is 3.19. The molecule has 0 aliphatic carbocycles. The molecule has 4 heteroatoms. The second kappa shape index (κ2) is 12.7. The molecule has 0 aromatic carbocycles. The Kier molecular flexibility index (Phi) is 11.2. The molecule has 4 nitrogen and oxygen atoms in total. The first-order valence-corrected chi connectivity index (χ1v) is 9.39. The number of nitrogens with zero attached hydrogens (tertiary/aromatic N) is 2. The van der Waals surface area contributed by atoms with Crippen molar-refractivity contribution in [2.45, 2.75) is 64.7 Å². The predicted molar refractivity (Wildman–Crippen MR) is 97.6 cm³/mol. The van der Waals surface area contributed by atoms with E-state index in [1.165, 1.54) is 70.9 Å². The number of hydrogen-bond acceptors (Lipinski definition) is 2. The predicted octanol–water partition coefficient (Wildman–Crippen LogP) is 3.24. The van der Waals surface area contributed by atoms with E-state index in [4.69, 9.17) is 0 Å². The van der Waals surface area contributed by atoms with Gasteiger partial charge in [-0.25, -0.2) is 0 Å². The quantitative estimate of drug-likeness (QED) is 0.370. The van der Waals surface area contributed by atoms with Crippen molar-refractivity contribution in [1.82, 2.24) is 15.5 Å². The van der Waals surface area contributed by atoms with Crippen LogP contribution in [0.3, 0.4) is 0 Å². The zero-order valence-corrected chi connectivity index (χ0v) is 15.2. The number of unbranched alkanes of at least 4 members (excludes halogenated alkanes) is 6. The maximum Gasteiger partial charge on any atom is 0.190 e. The van der Waals surface area contributed by atoms with Gasteiger partial charge < -0.3 is 15.5 Å². The van der Waals surface area contributed by atoms with E-state index in [0.29, 0.717) is 0 Å². The van der Waals surface area contributed by atoms with Gasteiger partial charge in [-0.2, -0.15) is 0 Å². The first-order valence-electron chi connectivity index (χ1n) is 9.39. The maximum absolute atomic E-state index is 4.33. The number of likely N-dealkylation sites (tertiary alicyclic amines) is 1. The van der Waals surface area contributed by atoms with Crippen LogP contribution in [0.1, 0.15) is 64.7 Å². The summed E-state index contributed by atoms with van der Waals surface area (Å²) < 4.78 is 0. The van der Waals surface area contributed by atoms with Crippen LogP contribution in [0, 0.1) is 5.92 Å². The molecule has 1 atom stereocenters. The van der Waals surface area contributed by atoms with Crippen molar-refractivity contribution < 1.29 is 0 Å². The molecule has 0 spiro atoms. The van der Waals surface area contributed by atoms with Crippen LogP contribution in [-0.2, 0) is 0 Å². The van der Waals surface area contributed by atoms with Crippen LogP contribution < -0.4 is 10.6 Å². The topological polar surface area (TPSA) is 39.7 Å². The maximum atomic E-state index is 4.33. The molecule has 1 unspecified atom stereocenters. The van der Waals surface area contributed by atoms with Crippen molar-refractivity contribution in [3.8, 4) is 0 Å². The lowest BCUT2D eigenvalue weighted by atomic mass is 9.99. The molecule has 0 bridgehead atoms. The third-order valence-electron chi connectivity index (χ3n) is 4.58. The van der Waals surface area contributed by atoms with Crippen LogP contribution in [0.4, 0.5) is 0 Å². The largest absolute Gasteiger partial charge is 0.356 e. The van der Waals surface area contributed by atoms with Gasteiger partial charge in [-0.05, 0) is 38.8 Å². The Bertz CT molecular complexity index is 291. The van der Waals surface area contributed by atoms with Gasteiger partial charge in [0.25, 0.3) is 0 Å². The average Bonchev–Trinajstić information content (AvgIpc) is 2.53. The molecule has 0 aromatic rings. The monoisotopic (exact) mass is 310 g/mol. The normalized spacial score (nSPS) is 20.1. The average molecular weight is 311 g/mol. The molecule has 1 heterocycles. The second-order valence-electron chi connectivity index (χ2n) is 6.77. The van der Waals surface area contributed by atoms with E-state index in [1.54, 1.807) is 0 Å². The lowest BCUT2D eigenvalue weighted by Gasteiger charge is -2.30. The minimum absolute atomic E-state index is 0.760. The SMILES string of the molecule is CCCCCCCCCNC(=NC)NCC1CCCN(C)C1. The lowest BCUT2D eigenvalue weighted by Crippen LogP contribution is -2.43. The van der Waals surface area contributed by atoms with Crippen molar-refractivity contribution >= 4 is 5.96 Å². The third-order valence-corrected chi connectivity index (χ3v) is 4.58. The molecule has 22 heavy (non-hydrogen) atoms. The summed E-state index contributed by atoms with van der Waals surface area (Å²) in [5, 5.41) is 6.94. The Morgan fingerprint density at radius 1 is 1.09 bits per heavy atom. The highest BCUT2D eigenvalue weighted by atomic mass is 15.2. The van der Waals surface area contributed by atoms with E-state index < -0.39 is 0 Å². The van der Waals surface area contributed by atoms with Crippen molar-refractivity contribution in [3.05, 3.63) is 0 Å². The molecule has 0 aromatic heterocycles. The van der Waals surface area contributed by atoms with E-state index in [1.807, 2.05) is 7.05 Å². The Labute approximate surface area is 138 Å². The van der Waals surface area contributed by atoms with Gasteiger partial charge in [0, 0.05) is 26.7 Å². The molecule has 0 saturated carbocycles. The summed E-state index contributed by atoms with van der Waals surface area (Å²) in [5.74, 6) is 1.73. The molecular weight excluding hydrogens is 272 g/mol. The summed E-state index contributed by atoms with van der Waals surface area (Å²) in [6.07, 6.45) is 12.2. The standard InChI is InChI=1S/C18H38N4/c1-4-5-6-7-8-9-10-13-20-18(19-2)21-15-17-12-11-14-22(3)16-17/h17H,4-16H2,1-3H3,(H2,19,20,21). The van der Waals surface area contributed by atoms with Gasteiger partial charge in [0.2, 0.25) is 0 Å². The number of guanidine groups is 1. The number of rotatable bonds is 10. The third kappa shape index (κ3) is 9.29. The van der Waals surface area contributed by atoms with Gasteiger partial charge in [0.1, 0.15) is 0 Å². The molecule has 0 radical (unpaired) electrons. The summed E-state index contributed by atoms with van der Waals surface area (Å²) >= 11 is 0. The summed E-state index contributed by atoms with van der Waals surface area (Å²) in [7, 11) is 4.09. The highest BCUT2D eigenvalue weighted by Gasteiger charge is 2.16. The second-order valence-corrected chi connectivity index (χ2v) is 6.77. The fraction of sp³-hybridized carbons (Fsp3) is 0.944. The first kappa shape index (κ1) is 19.3. The molecule has 1 aliphatic heterocycles. The van der Waals surface area contributed by atoms with Crippen molar-refractivity contribution in [2.24, 2.45) is 10.9 Å². The van der Waals surface area contributed by atoms with E-state index in [0.717, 1.165) is 25.0 Å². The summed E-state index contributed by atoms with van der Waals surface area (Å²) in [6, 6.07) is 0. The molecule has 0 amide bonds. The smallest absolute Gasteiger partial charge is 0.190 e. The minimum atomic E-state index is 0.760. The molecule has 1 saturated heterocycles. The molecule has 2 N–H and O–H groups in total. The summed E-state index contributed by atoms with van der Waals surface area (Å²) in [5.41, 5.74) is 0. The zero-order valence-electron chi connectivity index (χ0n) is 15.2. The number of piperidine rings is 1. The molecule has 1 rings (SSSR count). The van der Waals surface area contributed by atoms with Gasteiger partial charge >= 0.3 is 0 Å². The van der Waals surface area contributed by atoms with Crippen LogP contribution in [0.25, 0.3) is 0 Å². The Balaban J connectivity index is 2.00. The van der Waals surface area contributed by atoms with Crippen LogP contribution >= 0.6 is 0 Å². The molecule has 1 fully saturated rings. The Hall–Kier alpha value is -0.770.